The molecule has 0 aliphatic carbocycles. The SMILES string of the molecule is C[C@@H]1[NH2+][C@@]2(C(=O)Nc3ccccc32)[C@@H]2C(=O)N(Cc3ccc(F)cc3)C(=O)[C@H]12. The number of imide groups is 1. The Hall–Kier alpha value is -3.06. The van der Waals surface area contributed by atoms with Crippen LogP contribution in [0.25, 0.3) is 0 Å². The molecule has 2 fully saturated rings. The lowest BCUT2D eigenvalue weighted by molar-refractivity contribution is -0.730. The summed E-state index contributed by atoms with van der Waals surface area (Å²) in [6.07, 6.45) is 0. The van der Waals surface area contributed by atoms with E-state index in [0.29, 0.717) is 11.3 Å². The zero-order chi connectivity index (χ0) is 19.6. The molecule has 2 aromatic rings. The third-order valence-electron chi connectivity index (χ3n) is 6.28. The Labute approximate surface area is 160 Å². The van der Waals surface area contributed by atoms with E-state index in [0.717, 1.165) is 5.56 Å². The van der Waals surface area contributed by atoms with E-state index in [1.54, 1.807) is 12.1 Å². The summed E-state index contributed by atoms with van der Waals surface area (Å²) in [6.45, 7) is 1.96. The van der Waals surface area contributed by atoms with Crippen LogP contribution < -0.4 is 10.6 Å². The summed E-state index contributed by atoms with van der Waals surface area (Å²) in [7, 11) is 0. The Morgan fingerprint density at radius 1 is 1.07 bits per heavy atom. The van der Waals surface area contributed by atoms with Crippen LogP contribution in [0.5, 0.6) is 0 Å². The fraction of sp³-hybridized carbons (Fsp3) is 0.286. The van der Waals surface area contributed by atoms with Gasteiger partial charge in [-0.1, -0.05) is 30.3 Å². The first-order valence-electron chi connectivity index (χ1n) is 9.30. The van der Waals surface area contributed by atoms with Crippen molar-refractivity contribution < 1.29 is 24.1 Å². The van der Waals surface area contributed by atoms with E-state index in [9.17, 15) is 18.8 Å². The highest BCUT2D eigenvalue weighted by molar-refractivity contribution is 6.13. The molecule has 3 aliphatic heterocycles. The maximum absolute atomic E-state index is 13.4. The van der Waals surface area contributed by atoms with Crippen LogP contribution in [0.15, 0.2) is 48.5 Å². The lowest BCUT2D eigenvalue weighted by Gasteiger charge is -2.25. The second-order valence-corrected chi connectivity index (χ2v) is 7.79. The maximum Gasteiger partial charge on any atom is 0.291 e. The van der Waals surface area contributed by atoms with E-state index in [-0.39, 0.29) is 36.1 Å². The second-order valence-electron chi connectivity index (χ2n) is 7.79. The van der Waals surface area contributed by atoms with Crippen LogP contribution in [-0.4, -0.2) is 28.7 Å². The first-order valence-corrected chi connectivity index (χ1v) is 9.30. The molecular weight excluding hydrogens is 361 g/mol. The zero-order valence-corrected chi connectivity index (χ0v) is 15.2. The number of hydrogen-bond acceptors (Lipinski definition) is 3. The van der Waals surface area contributed by atoms with Crippen molar-refractivity contribution in [3.63, 3.8) is 0 Å². The van der Waals surface area contributed by atoms with Gasteiger partial charge in [0.25, 0.3) is 5.91 Å². The molecule has 28 heavy (non-hydrogen) atoms. The first-order chi connectivity index (χ1) is 13.4. The van der Waals surface area contributed by atoms with Crippen molar-refractivity contribution in [1.82, 2.24) is 4.90 Å². The molecule has 4 atom stereocenters. The van der Waals surface area contributed by atoms with Crippen molar-refractivity contribution in [2.75, 3.05) is 5.32 Å². The minimum atomic E-state index is -1.12. The highest BCUT2D eigenvalue weighted by Crippen LogP contribution is 2.48. The molecular formula is C21H19FN3O3+. The number of para-hydroxylation sites is 1. The number of nitrogens with one attached hydrogen (secondary N) is 1. The number of benzene rings is 2. The minimum absolute atomic E-state index is 0.0804. The molecule has 0 unspecified atom stereocenters. The van der Waals surface area contributed by atoms with Gasteiger partial charge in [0.1, 0.15) is 17.7 Å². The van der Waals surface area contributed by atoms with E-state index < -0.39 is 17.4 Å². The van der Waals surface area contributed by atoms with Crippen LogP contribution in [0.3, 0.4) is 0 Å². The van der Waals surface area contributed by atoms with Crippen LogP contribution in [0.1, 0.15) is 18.1 Å². The number of hydrogen-bond donors (Lipinski definition) is 2. The molecule has 6 nitrogen and oxygen atoms in total. The highest BCUT2D eigenvalue weighted by atomic mass is 19.1. The van der Waals surface area contributed by atoms with Crippen molar-refractivity contribution in [1.29, 1.82) is 0 Å². The lowest BCUT2D eigenvalue weighted by atomic mass is 9.76. The number of quaternary nitrogens is 1. The topological polar surface area (TPSA) is 83.1 Å². The van der Waals surface area contributed by atoms with Crippen molar-refractivity contribution >= 4 is 23.4 Å². The number of nitrogens with two attached hydrogens (primary N) is 1. The molecule has 3 heterocycles. The predicted octanol–water partition coefficient (Wildman–Crippen LogP) is 0.740. The van der Waals surface area contributed by atoms with Gasteiger partial charge in [0.15, 0.2) is 0 Å². The molecule has 2 aromatic carbocycles. The molecule has 3 N–H and O–H groups in total. The van der Waals surface area contributed by atoms with Crippen LogP contribution in [0.4, 0.5) is 10.1 Å². The predicted molar refractivity (Wildman–Crippen MR) is 97.1 cm³/mol. The summed E-state index contributed by atoms with van der Waals surface area (Å²) in [5.74, 6) is -2.55. The Morgan fingerprint density at radius 3 is 2.54 bits per heavy atom. The zero-order valence-electron chi connectivity index (χ0n) is 15.2. The molecule has 0 saturated carbocycles. The third kappa shape index (κ3) is 2.08. The van der Waals surface area contributed by atoms with E-state index in [1.807, 2.05) is 36.5 Å². The molecule has 0 aromatic heterocycles. The van der Waals surface area contributed by atoms with E-state index in [1.165, 1.54) is 17.0 Å². The number of halogens is 1. The fourth-order valence-corrected chi connectivity index (χ4v) is 5.08. The van der Waals surface area contributed by atoms with Crippen molar-refractivity contribution in [2.45, 2.75) is 25.0 Å². The molecule has 1 spiro atoms. The maximum atomic E-state index is 13.4. The van der Waals surface area contributed by atoms with E-state index >= 15 is 0 Å². The number of anilines is 1. The number of carbonyl (C=O) groups excluding carboxylic acids is 3. The average Bonchev–Trinajstić information content (AvgIpc) is 3.23. The Kier molecular flexibility index (Phi) is 3.49. The Bertz CT molecular complexity index is 1020. The molecule has 0 radical (unpaired) electrons. The van der Waals surface area contributed by atoms with Gasteiger partial charge in [0.2, 0.25) is 17.4 Å². The Balaban J connectivity index is 1.56. The van der Waals surface area contributed by atoms with Gasteiger partial charge in [0, 0.05) is 5.56 Å². The molecule has 0 bridgehead atoms. The van der Waals surface area contributed by atoms with Crippen molar-refractivity contribution in [3.05, 3.63) is 65.5 Å². The van der Waals surface area contributed by atoms with Gasteiger partial charge in [-0.3, -0.25) is 19.3 Å². The van der Waals surface area contributed by atoms with Crippen LogP contribution >= 0.6 is 0 Å². The molecule has 2 saturated heterocycles. The van der Waals surface area contributed by atoms with Crippen LogP contribution in [0, 0.1) is 17.7 Å². The van der Waals surface area contributed by atoms with Gasteiger partial charge in [-0.05, 0) is 30.7 Å². The summed E-state index contributed by atoms with van der Waals surface area (Å²) in [5, 5.41) is 4.75. The van der Waals surface area contributed by atoms with Gasteiger partial charge in [-0.25, -0.2) is 4.39 Å². The largest absolute Gasteiger partial charge is 0.326 e. The van der Waals surface area contributed by atoms with Gasteiger partial charge in [-0.15, -0.1) is 0 Å². The average molecular weight is 380 g/mol. The molecule has 3 amide bonds. The summed E-state index contributed by atoms with van der Waals surface area (Å²) in [5.41, 5.74) is 0.994. The quantitative estimate of drug-likeness (QED) is 0.754. The third-order valence-corrected chi connectivity index (χ3v) is 6.28. The number of nitrogens with zero attached hydrogens (tertiary/aromatic N) is 1. The molecule has 142 valence electrons. The summed E-state index contributed by atoms with van der Waals surface area (Å²) >= 11 is 0. The normalized spacial score (nSPS) is 30.7. The number of fused-ring (bicyclic) bond motifs is 4. The fourth-order valence-electron chi connectivity index (χ4n) is 5.08. The summed E-state index contributed by atoms with van der Waals surface area (Å²) in [4.78, 5) is 40.7. The number of rotatable bonds is 2. The minimum Gasteiger partial charge on any atom is -0.326 e. The molecule has 5 rings (SSSR count). The number of amides is 3. The number of likely N-dealkylation sites (tertiary alicyclic amines) is 1. The monoisotopic (exact) mass is 380 g/mol. The Morgan fingerprint density at radius 2 is 1.79 bits per heavy atom. The number of carbonyl (C=O) groups is 3. The summed E-state index contributed by atoms with van der Waals surface area (Å²) in [6, 6.07) is 12.8. The standard InChI is InChI=1S/C21H18FN3O3/c1-11-16-17(21(24-11)14-4-2-3-5-15(14)23-20(21)28)19(27)25(18(16)26)10-12-6-8-13(22)9-7-12/h2-9,11,16-17,24H,10H2,1H3,(H,23,28)/p+1/t11-,16+,17-,21+/m0/s1. The van der Waals surface area contributed by atoms with Crippen molar-refractivity contribution in [3.8, 4) is 0 Å². The van der Waals surface area contributed by atoms with Crippen LogP contribution in [-0.2, 0) is 26.5 Å². The van der Waals surface area contributed by atoms with Gasteiger partial charge in [-0.2, -0.15) is 0 Å². The van der Waals surface area contributed by atoms with Gasteiger partial charge in [0.05, 0.1) is 18.3 Å². The van der Waals surface area contributed by atoms with E-state index in [4.69, 9.17) is 0 Å². The van der Waals surface area contributed by atoms with E-state index in [2.05, 4.69) is 5.32 Å². The summed E-state index contributed by atoms with van der Waals surface area (Å²) < 4.78 is 13.2. The first kappa shape index (κ1) is 17.1. The van der Waals surface area contributed by atoms with Crippen molar-refractivity contribution in [2.24, 2.45) is 11.8 Å². The van der Waals surface area contributed by atoms with Crippen LogP contribution in [0.2, 0.25) is 0 Å². The smallest absolute Gasteiger partial charge is 0.291 e. The lowest BCUT2D eigenvalue weighted by Crippen LogP contribution is -2.98. The second kappa shape index (κ2) is 5.72. The molecule has 3 aliphatic rings. The van der Waals surface area contributed by atoms with Gasteiger partial charge >= 0.3 is 0 Å². The highest BCUT2D eigenvalue weighted by Gasteiger charge is 2.73. The molecule has 7 heteroatoms. The van der Waals surface area contributed by atoms with Gasteiger partial charge < -0.3 is 10.6 Å².